The molecule has 3 rings (SSSR count). The van der Waals surface area contributed by atoms with Crippen molar-refractivity contribution >= 4 is 10.8 Å². The maximum Gasteiger partial charge on any atom is 0.0495 e. The van der Waals surface area contributed by atoms with Crippen LogP contribution in [0.1, 0.15) is 31.4 Å². The second kappa shape index (κ2) is 6.33. The number of hydrogen-bond acceptors (Lipinski definition) is 3. The van der Waals surface area contributed by atoms with E-state index in [-0.39, 0.29) is 0 Å². The van der Waals surface area contributed by atoms with Gasteiger partial charge >= 0.3 is 0 Å². The monoisotopic (exact) mass is 270 g/mol. The van der Waals surface area contributed by atoms with E-state index in [1.165, 1.54) is 22.8 Å². The third kappa shape index (κ3) is 2.84. The summed E-state index contributed by atoms with van der Waals surface area (Å²) in [6.07, 6.45) is 6.27. The van der Waals surface area contributed by atoms with Crippen molar-refractivity contribution in [3.63, 3.8) is 0 Å². The van der Waals surface area contributed by atoms with E-state index in [1.807, 2.05) is 12.4 Å². The molecule has 2 atom stereocenters. The minimum Gasteiger partial charge on any atom is -0.381 e. The zero-order chi connectivity index (χ0) is 13.8. The molecule has 0 amide bonds. The molecule has 0 bridgehead atoms. The molecule has 0 saturated carbocycles. The van der Waals surface area contributed by atoms with Crippen LogP contribution >= 0.6 is 0 Å². The smallest absolute Gasteiger partial charge is 0.0495 e. The lowest BCUT2D eigenvalue weighted by Gasteiger charge is -2.22. The molecule has 3 nitrogen and oxygen atoms in total. The molecule has 2 aromatic rings. The Kier molecular flexibility index (Phi) is 4.28. The van der Waals surface area contributed by atoms with E-state index >= 15 is 0 Å². The number of pyridine rings is 1. The summed E-state index contributed by atoms with van der Waals surface area (Å²) >= 11 is 0. The Bertz CT molecular complexity index is 558. The summed E-state index contributed by atoms with van der Waals surface area (Å²) in [6, 6.07) is 8.87. The van der Waals surface area contributed by atoms with Gasteiger partial charge in [0, 0.05) is 37.0 Å². The summed E-state index contributed by atoms with van der Waals surface area (Å²) in [4.78, 5) is 4.42. The van der Waals surface area contributed by atoms with Gasteiger partial charge in [-0.05, 0) is 36.3 Å². The second-order valence-electron chi connectivity index (χ2n) is 5.53. The lowest BCUT2D eigenvalue weighted by Crippen LogP contribution is -2.24. The first-order valence-corrected chi connectivity index (χ1v) is 7.52. The number of nitrogens with zero attached hydrogens (tertiary/aromatic N) is 1. The number of aromatic nitrogens is 1. The van der Waals surface area contributed by atoms with Gasteiger partial charge in [-0.25, -0.2) is 0 Å². The number of benzene rings is 1. The van der Waals surface area contributed by atoms with Crippen LogP contribution in [0.2, 0.25) is 0 Å². The topological polar surface area (TPSA) is 34.1 Å². The number of fused-ring (bicyclic) bond motifs is 1. The van der Waals surface area contributed by atoms with Gasteiger partial charge in [0.25, 0.3) is 0 Å². The van der Waals surface area contributed by atoms with Crippen LogP contribution in [-0.2, 0) is 4.74 Å². The molecule has 1 aromatic carbocycles. The summed E-state index contributed by atoms with van der Waals surface area (Å²) in [6.45, 7) is 4.95. The van der Waals surface area contributed by atoms with Gasteiger partial charge in [-0.1, -0.05) is 31.2 Å². The molecule has 2 unspecified atom stereocenters. The Morgan fingerprint density at radius 3 is 3.05 bits per heavy atom. The molecule has 1 saturated heterocycles. The van der Waals surface area contributed by atoms with E-state index in [4.69, 9.17) is 4.74 Å². The van der Waals surface area contributed by atoms with Crippen LogP contribution in [0, 0.1) is 5.92 Å². The van der Waals surface area contributed by atoms with Crippen LogP contribution in [0.15, 0.2) is 36.7 Å². The van der Waals surface area contributed by atoms with Crippen LogP contribution in [-0.4, -0.2) is 24.7 Å². The van der Waals surface area contributed by atoms with Gasteiger partial charge in [-0.3, -0.25) is 4.98 Å². The normalized spacial score (nSPS) is 20.4. The Labute approximate surface area is 120 Å². The average Bonchev–Trinajstić information content (AvgIpc) is 2.99. The predicted octanol–water partition coefficient (Wildman–Crippen LogP) is 3.31. The van der Waals surface area contributed by atoms with Crippen LogP contribution in [0.4, 0.5) is 0 Å². The third-order valence-corrected chi connectivity index (χ3v) is 4.12. The fourth-order valence-corrected chi connectivity index (χ4v) is 3.09. The Morgan fingerprint density at radius 1 is 1.35 bits per heavy atom. The highest BCUT2D eigenvalue weighted by Crippen LogP contribution is 2.30. The van der Waals surface area contributed by atoms with Crippen LogP contribution < -0.4 is 5.32 Å². The molecule has 1 aliphatic heterocycles. The molecule has 2 heterocycles. The first-order valence-electron chi connectivity index (χ1n) is 7.52. The van der Waals surface area contributed by atoms with Crippen molar-refractivity contribution in [2.45, 2.75) is 25.8 Å². The molecular formula is C17H22N2O. The zero-order valence-electron chi connectivity index (χ0n) is 12.0. The van der Waals surface area contributed by atoms with E-state index in [2.05, 4.69) is 41.5 Å². The first kappa shape index (κ1) is 13.5. The lowest BCUT2D eigenvalue weighted by atomic mass is 9.92. The van der Waals surface area contributed by atoms with Crippen LogP contribution in [0.25, 0.3) is 10.8 Å². The summed E-state index contributed by atoms with van der Waals surface area (Å²) < 4.78 is 5.52. The van der Waals surface area contributed by atoms with Crippen molar-refractivity contribution in [1.82, 2.24) is 10.3 Å². The molecule has 20 heavy (non-hydrogen) atoms. The SMILES string of the molecule is CCNC(CC1CCOC1)c1cncc2ccccc12. The van der Waals surface area contributed by atoms with Crippen molar-refractivity contribution < 1.29 is 4.74 Å². The molecule has 3 heteroatoms. The standard InChI is InChI=1S/C17H22N2O/c1-2-19-17(9-13-7-8-20-12-13)16-11-18-10-14-5-3-4-6-15(14)16/h3-6,10-11,13,17,19H,2,7-9,12H2,1H3. The highest BCUT2D eigenvalue weighted by molar-refractivity contribution is 5.85. The van der Waals surface area contributed by atoms with Gasteiger partial charge in [-0.15, -0.1) is 0 Å². The second-order valence-corrected chi connectivity index (χ2v) is 5.53. The van der Waals surface area contributed by atoms with E-state index < -0.39 is 0 Å². The van der Waals surface area contributed by atoms with Crippen molar-refractivity contribution in [3.8, 4) is 0 Å². The molecule has 1 N–H and O–H groups in total. The zero-order valence-corrected chi connectivity index (χ0v) is 12.0. The van der Waals surface area contributed by atoms with Crippen LogP contribution in [0.3, 0.4) is 0 Å². The number of rotatable bonds is 5. The van der Waals surface area contributed by atoms with E-state index in [0.29, 0.717) is 12.0 Å². The molecule has 0 radical (unpaired) electrons. The largest absolute Gasteiger partial charge is 0.381 e. The highest BCUT2D eigenvalue weighted by Gasteiger charge is 2.22. The molecular weight excluding hydrogens is 248 g/mol. The molecule has 1 aliphatic rings. The maximum atomic E-state index is 5.52. The van der Waals surface area contributed by atoms with Gasteiger partial charge in [-0.2, -0.15) is 0 Å². The van der Waals surface area contributed by atoms with Gasteiger partial charge in [0.1, 0.15) is 0 Å². The van der Waals surface area contributed by atoms with Gasteiger partial charge in [0.2, 0.25) is 0 Å². The molecule has 1 aromatic heterocycles. The van der Waals surface area contributed by atoms with Gasteiger partial charge in [0.05, 0.1) is 0 Å². The fourth-order valence-electron chi connectivity index (χ4n) is 3.09. The minimum atomic E-state index is 0.366. The number of hydrogen-bond donors (Lipinski definition) is 1. The Balaban J connectivity index is 1.91. The van der Waals surface area contributed by atoms with E-state index in [0.717, 1.165) is 26.2 Å². The maximum absolute atomic E-state index is 5.52. The Morgan fingerprint density at radius 2 is 2.25 bits per heavy atom. The first-order chi connectivity index (χ1) is 9.88. The summed E-state index contributed by atoms with van der Waals surface area (Å²) in [5.41, 5.74) is 1.32. The van der Waals surface area contributed by atoms with Crippen molar-refractivity contribution in [1.29, 1.82) is 0 Å². The molecule has 0 spiro atoms. The number of ether oxygens (including phenoxy) is 1. The van der Waals surface area contributed by atoms with Crippen molar-refractivity contribution in [3.05, 3.63) is 42.2 Å². The Hall–Kier alpha value is -1.45. The van der Waals surface area contributed by atoms with Crippen molar-refractivity contribution in [2.24, 2.45) is 5.92 Å². The average molecular weight is 270 g/mol. The summed E-state index contributed by atoms with van der Waals surface area (Å²) in [5, 5.41) is 6.15. The highest BCUT2D eigenvalue weighted by atomic mass is 16.5. The lowest BCUT2D eigenvalue weighted by molar-refractivity contribution is 0.181. The molecule has 1 fully saturated rings. The minimum absolute atomic E-state index is 0.366. The van der Waals surface area contributed by atoms with Crippen molar-refractivity contribution in [2.75, 3.05) is 19.8 Å². The van der Waals surface area contributed by atoms with Crippen LogP contribution in [0.5, 0.6) is 0 Å². The summed E-state index contributed by atoms with van der Waals surface area (Å²) in [5.74, 6) is 0.665. The molecule has 0 aliphatic carbocycles. The summed E-state index contributed by atoms with van der Waals surface area (Å²) in [7, 11) is 0. The van der Waals surface area contributed by atoms with E-state index in [1.54, 1.807) is 0 Å². The van der Waals surface area contributed by atoms with Gasteiger partial charge in [0.15, 0.2) is 0 Å². The third-order valence-electron chi connectivity index (χ3n) is 4.12. The van der Waals surface area contributed by atoms with E-state index in [9.17, 15) is 0 Å². The van der Waals surface area contributed by atoms with Gasteiger partial charge < -0.3 is 10.1 Å². The molecule has 106 valence electrons. The quantitative estimate of drug-likeness (QED) is 0.905. The number of nitrogens with one attached hydrogen (secondary N) is 1. The predicted molar refractivity (Wildman–Crippen MR) is 81.7 cm³/mol. The fraction of sp³-hybridized carbons (Fsp3) is 0.471.